The van der Waals surface area contributed by atoms with Crippen molar-refractivity contribution in [1.29, 1.82) is 0 Å². The average Bonchev–Trinajstić information content (AvgIpc) is 3.41. The van der Waals surface area contributed by atoms with Crippen molar-refractivity contribution >= 4 is 32.3 Å². The molecule has 5 aromatic rings. The zero-order valence-corrected chi connectivity index (χ0v) is 18.0. The number of fused-ring (bicyclic) bond motifs is 2. The van der Waals surface area contributed by atoms with E-state index in [0.29, 0.717) is 5.56 Å². The van der Waals surface area contributed by atoms with Gasteiger partial charge in [0.15, 0.2) is 0 Å². The lowest BCUT2D eigenvalue weighted by molar-refractivity contribution is 0.0950. The van der Waals surface area contributed by atoms with Crippen LogP contribution in [0.3, 0.4) is 0 Å². The van der Waals surface area contributed by atoms with Gasteiger partial charge in [0, 0.05) is 43.8 Å². The minimum absolute atomic E-state index is 0.196. The highest BCUT2D eigenvalue weighted by Gasteiger charge is 2.18. The monoisotopic (exact) mass is 445 g/mol. The summed E-state index contributed by atoms with van der Waals surface area (Å²) in [5, 5.41) is 7.89. The molecule has 0 bridgehead atoms. The lowest BCUT2D eigenvalue weighted by Gasteiger charge is -2.08. The molecule has 5 rings (SSSR count). The van der Waals surface area contributed by atoms with Crippen LogP contribution < -0.4 is 5.32 Å². The van der Waals surface area contributed by atoms with Gasteiger partial charge in [-0.15, -0.1) is 0 Å². The van der Waals surface area contributed by atoms with Crippen molar-refractivity contribution in [2.75, 3.05) is 0 Å². The Labute approximate surface area is 184 Å². The highest BCUT2D eigenvalue weighted by molar-refractivity contribution is 7.91. The summed E-state index contributed by atoms with van der Waals surface area (Å²) in [6.07, 6.45) is 6.94. The number of sulfone groups is 1. The third-order valence-corrected chi connectivity index (χ3v) is 7.01. The Morgan fingerprint density at radius 1 is 1.00 bits per heavy atom. The fraction of sp³-hybridized carbons (Fsp3) is 0.0870. The summed E-state index contributed by atoms with van der Waals surface area (Å²) < 4.78 is 29.5. The first-order valence-electron chi connectivity index (χ1n) is 9.88. The summed E-state index contributed by atoms with van der Waals surface area (Å²) in [6, 6.07) is 14.9. The first-order chi connectivity index (χ1) is 15.4. The van der Waals surface area contributed by atoms with E-state index in [4.69, 9.17) is 0 Å². The van der Waals surface area contributed by atoms with Crippen LogP contribution in [0.15, 0.2) is 89.2 Å². The average molecular weight is 446 g/mol. The maximum Gasteiger partial charge on any atom is 0.253 e. The van der Waals surface area contributed by atoms with Gasteiger partial charge in [-0.1, -0.05) is 12.1 Å². The largest absolute Gasteiger partial charge is 0.348 e. The number of hydrogen-bond acceptors (Lipinski definition) is 5. The maximum atomic E-state index is 13.0. The van der Waals surface area contributed by atoms with Gasteiger partial charge in [0.05, 0.1) is 20.9 Å². The van der Waals surface area contributed by atoms with E-state index in [1.165, 1.54) is 0 Å². The first-order valence-corrected chi connectivity index (χ1v) is 11.4. The Morgan fingerprint density at radius 3 is 2.59 bits per heavy atom. The second-order valence-corrected chi connectivity index (χ2v) is 9.41. The van der Waals surface area contributed by atoms with E-state index < -0.39 is 9.84 Å². The van der Waals surface area contributed by atoms with Crippen molar-refractivity contribution in [3.8, 4) is 0 Å². The molecule has 9 heteroatoms. The van der Waals surface area contributed by atoms with E-state index in [-0.39, 0.29) is 22.2 Å². The van der Waals surface area contributed by atoms with Crippen LogP contribution in [0, 0.1) is 0 Å². The Bertz CT molecular complexity index is 1570. The smallest absolute Gasteiger partial charge is 0.253 e. The molecule has 3 aromatic heterocycles. The lowest BCUT2D eigenvalue weighted by Crippen LogP contribution is -2.23. The van der Waals surface area contributed by atoms with E-state index >= 15 is 0 Å². The van der Waals surface area contributed by atoms with Crippen molar-refractivity contribution in [3.05, 3.63) is 90.5 Å². The SMILES string of the molecule is Cn1cc2cc(S(=O)(=O)c3ccc(CNC(=O)c4ccc5nccn5c4)cc3)ccc2n1. The van der Waals surface area contributed by atoms with Gasteiger partial charge in [0.2, 0.25) is 9.84 Å². The molecule has 0 spiro atoms. The molecule has 0 fully saturated rings. The molecule has 1 N–H and O–H groups in total. The number of carbonyl (C=O) groups excluding carboxylic acids is 1. The number of rotatable bonds is 5. The zero-order valence-electron chi connectivity index (χ0n) is 17.1. The number of nitrogens with zero attached hydrogens (tertiary/aromatic N) is 4. The van der Waals surface area contributed by atoms with Gasteiger partial charge in [0.1, 0.15) is 5.65 Å². The van der Waals surface area contributed by atoms with Gasteiger partial charge in [-0.2, -0.15) is 5.10 Å². The van der Waals surface area contributed by atoms with Crippen LogP contribution in [0.1, 0.15) is 15.9 Å². The number of amides is 1. The van der Waals surface area contributed by atoms with Crippen molar-refractivity contribution in [3.63, 3.8) is 0 Å². The van der Waals surface area contributed by atoms with E-state index in [9.17, 15) is 13.2 Å². The highest BCUT2D eigenvalue weighted by Crippen LogP contribution is 2.24. The van der Waals surface area contributed by atoms with Gasteiger partial charge in [0.25, 0.3) is 5.91 Å². The molecule has 160 valence electrons. The number of pyridine rings is 1. The summed E-state index contributed by atoms with van der Waals surface area (Å²) in [7, 11) is -1.87. The predicted molar refractivity (Wildman–Crippen MR) is 119 cm³/mol. The molecular weight excluding hydrogens is 426 g/mol. The van der Waals surface area contributed by atoms with Gasteiger partial charge in [-0.05, 0) is 48.0 Å². The fourth-order valence-electron chi connectivity index (χ4n) is 3.56. The first kappa shape index (κ1) is 20.0. The molecule has 0 aliphatic carbocycles. The van der Waals surface area contributed by atoms with Gasteiger partial charge >= 0.3 is 0 Å². The number of nitrogens with one attached hydrogen (secondary N) is 1. The Balaban J connectivity index is 1.31. The lowest BCUT2D eigenvalue weighted by atomic mass is 10.2. The minimum atomic E-state index is -3.66. The molecule has 8 nitrogen and oxygen atoms in total. The third-order valence-electron chi connectivity index (χ3n) is 5.24. The van der Waals surface area contributed by atoms with Crippen molar-refractivity contribution in [2.24, 2.45) is 7.05 Å². The summed E-state index contributed by atoms with van der Waals surface area (Å²) in [5.41, 5.74) is 2.81. The minimum Gasteiger partial charge on any atom is -0.348 e. The van der Waals surface area contributed by atoms with E-state index in [1.807, 2.05) is 0 Å². The number of aryl methyl sites for hydroxylation is 1. The van der Waals surface area contributed by atoms with E-state index in [1.54, 1.807) is 95.5 Å². The number of aromatic nitrogens is 4. The van der Waals surface area contributed by atoms with E-state index in [2.05, 4.69) is 15.4 Å². The summed E-state index contributed by atoms with van der Waals surface area (Å²) in [4.78, 5) is 17.0. The Morgan fingerprint density at radius 2 is 1.78 bits per heavy atom. The third kappa shape index (κ3) is 3.63. The number of imidazole rings is 1. The molecule has 0 radical (unpaired) electrons. The standard InChI is InChI=1S/C23H19N5O3S/c1-27-14-18-12-20(7-8-21(18)26-27)32(30,31)19-5-2-16(3-6-19)13-25-23(29)17-4-9-22-24-10-11-28(22)15-17/h2-12,14-15H,13H2,1H3,(H,25,29). The Hall–Kier alpha value is -3.98. The maximum absolute atomic E-state index is 13.0. The molecule has 1 amide bonds. The topological polar surface area (TPSA) is 98.4 Å². The van der Waals surface area contributed by atoms with Crippen LogP contribution in [0.5, 0.6) is 0 Å². The zero-order chi connectivity index (χ0) is 22.3. The molecule has 0 saturated heterocycles. The molecule has 0 aliphatic rings. The molecule has 0 aliphatic heterocycles. The molecular formula is C23H19N5O3S. The van der Waals surface area contributed by atoms with Crippen LogP contribution >= 0.6 is 0 Å². The van der Waals surface area contributed by atoms with Gasteiger partial charge < -0.3 is 9.72 Å². The predicted octanol–water partition coefficient (Wildman–Crippen LogP) is 2.98. The molecule has 2 aromatic carbocycles. The quantitative estimate of drug-likeness (QED) is 0.448. The Kier molecular flexibility index (Phi) is 4.75. The number of carbonyl (C=O) groups is 1. The fourth-order valence-corrected chi connectivity index (χ4v) is 4.85. The van der Waals surface area contributed by atoms with Crippen molar-refractivity contribution in [1.82, 2.24) is 24.5 Å². The van der Waals surface area contributed by atoms with Gasteiger partial charge in [-0.3, -0.25) is 9.48 Å². The molecule has 0 atom stereocenters. The summed E-state index contributed by atoms with van der Waals surface area (Å²) >= 11 is 0. The molecule has 0 saturated carbocycles. The highest BCUT2D eigenvalue weighted by atomic mass is 32.2. The normalized spacial score (nSPS) is 11.8. The summed E-state index contributed by atoms with van der Waals surface area (Å²) in [5.74, 6) is -0.220. The van der Waals surface area contributed by atoms with Crippen molar-refractivity contribution in [2.45, 2.75) is 16.3 Å². The van der Waals surface area contributed by atoms with Crippen LogP contribution in [0.2, 0.25) is 0 Å². The molecule has 32 heavy (non-hydrogen) atoms. The van der Waals surface area contributed by atoms with Gasteiger partial charge in [-0.25, -0.2) is 13.4 Å². The number of hydrogen-bond donors (Lipinski definition) is 1. The molecule has 0 unspecified atom stereocenters. The van der Waals surface area contributed by atoms with Crippen LogP contribution in [0.25, 0.3) is 16.6 Å². The van der Waals surface area contributed by atoms with E-state index in [0.717, 1.165) is 22.1 Å². The molecule has 3 heterocycles. The second kappa shape index (κ2) is 7.61. The van der Waals surface area contributed by atoms with Crippen LogP contribution in [0.4, 0.5) is 0 Å². The second-order valence-electron chi connectivity index (χ2n) is 7.46. The number of benzene rings is 2. The van der Waals surface area contributed by atoms with Crippen LogP contribution in [-0.2, 0) is 23.4 Å². The van der Waals surface area contributed by atoms with Crippen LogP contribution in [-0.4, -0.2) is 33.5 Å². The summed E-state index contributed by atoms with van der Waals surface area (Å²) in [6.45, 7) is 0.281. The van der Waals surface area contributed by atoms with Crippen molar-refractivity contribution < 1.29 is 13.2 Å².